The van der Waals surface area contributed by atoms with Crippen LogP contribution in [0.5, 0.6) is 0 Å². The van der Waals surface area contributed by atoms with Crippen molar-refractivity contribution in [1.82, 2.24) is 4.90 Å². The van der Waals surface area contributed by atoms with Crippen LogP contribution in [0.3, 0.4) is 0 Å². The molecular weight excluding hydrogens is 431 g/mol. The van der Waals surface area contributed by atoms with E-state index >= 15 is 0 Å². The summed E-state index contributed by atoms with van der Waals surface area (Å²) in [4.78, 5) is 26.4. The van der Waals surface area contributed by atoms with Gasteiger partial charge >= 0.3 is 6.09 Å². The van der Waals surface area contributed by atoms with Crippen molar-refractivity contribution in [1.29, 1.82) is 0 Å². The minimum atomic E-state index is -0.904. The Hall–Kier alpha value is -3.54. The molecule has 1 aliphatic heterocycles. The lowest BCUT2D eigenvalue weighted by Gasteiger charge is -2.45. The Kier molecular flexibility index (Phi) is 6.51. The van der Waals surface area contributed by atoms with Crippen molar-refractivity contribution in [3.8, 4) is 11.1 Å². The molecule has 0 spiro atoms. The third kappa shape index (κ3) is 4.86. The number of ether oxygens (including phenoxy) is 1. The monoisotopic (exact) mass is 460 g/mol. The molecule has 1 saturated heterocycles. The quantitative estimate of drug-likeness (QED) is 0.350. The molecule has 3 aromatic rings. The second-order valence-corrected chi connectivity index (χ2v) is 9.56. The minimum Gasteiger partial charge on any atom is -0.438 e. The molecular formula is C28H29FN2O3. The topological polar surface area (TPSA) is 59.0 Å². The van der Waals surface area contributed by atoms with Crippen molar-refractivity contribution in [3.05, 3.63) is 101 Å². The van der Waals surface area contributed by atoms with Gasteiger partial charge in [0.15, 0.2) is 0 Å². The zero-order valence-electron chi connectivity index (χ0n) is 19.7. The van der Waals surface area contributed by atoms with Gasteiger partial charge in [0.2, 0.25) is 0 Å². The van der Waals surface area contributed by atoms with E-state index in [1.807, 2.05) is 61.5 Å². The maximum atomic E-state index is 13.3. The normalized spacial score (nSPS) is 19.4. The summed E-state index contributed by atoms with van der Waals surface area (Å²) < 4.78 is 19.3. The molecule has 6 heteroatoms. The van der Waals surface area contributed by atoms with Crippen molar-refractivity contribution in [2.75, 3.05) is 6.54 Å². The van der Waals surface area contributed by atoms with Crippen molar-refractivity contribution in [2.24, 2.45) is 5.18 Å². The smallest absolute Gasteiger partial charge is 0.411 e. The lowest BCUT2D eigenvalue weighted by Crippen LogP contribution is -2.50. The number of halogens is 1. The largest absolute Gasteiger partial charge is 0.438 e. The van der Waals surface area contributed by atoms with E-state index in [1.54, 1.807) is 30.9 Å². The molecule has 0 saturated carbocycles. The van der Waals surface area contributed by atoms with Crippen LogP contribution < -0.4 is 0 Å². The highest BCUT2D eigenvalue weighted by Gasteiger charge is 2.47. The Labute approximate surface area is 199 Å². The van der Waals surface area contributed by atoms with E-state index in [-0.39, 0.29) is 11.9 Å². The lowest BCUT2D eigenvalue weighted by atomic mass is 9.79. The number of hydrogen-bond acceptors (Lipinski definition) is 4. The molecule has 5 nitrogen and oxygen atoms in total. The summed E-state index contributed by atoms with van der Waals surface area (Å²) in [6.45, 7) is 5.98. The van der Waals surface area contributed by atoms with Crippen molar-refractivity contribution < 1.29 is 13.9 Å². The number of carbonyl (C=O) groups is 1. The number of cyclic esters (lactones) is 1. The first kappa shape index (κ1) is 23.6. The molecule has 0 unspecified atom stereocenters. The van der Waals surface area contributed by atoms with Crippen LogP contribution >= 0.6 is 0 Å². The molecule has 34 heavy (non-hydrogen) atoms. The maximum Gasteiger partial charge on any atom is 0.411 e. The zero-order valence-corrected chi connectivity index (χ0v) is 19.7. The SMILES string of the molecule is C[C@@H](c1ccc(-c2ccc(F)cc2)cc1)N1CC[C@](CC(C)(C)N=O)(c2ccccc2)OC1=O. The fourth-order valence-electron chi connectivity index (χ4n) is 4.70. The molecule has 1 amide bonds. The van der Waals surface area contributed by atoms with Crippen LogP contribution in [0, 0.1) is 10.7 Å². The first-order chi connectivity index (χ1) is 16.2. The summed E-state index contributed by atoms with van der Waals surface area (Å²) in [7, 11) is 0. The molecule has 0 radical (unpaired) electrons. The molecule has 1 aliphatic rings. The zero-order chi connectivity index (χ0) is 24.3. The van der Waals surface area contributed by atoms with Crippen LogP contribution in [0.2, 0.25) is 0 Å². The number of carbonyl (C=O) groups excluding carboxylic acids is 1. The van der Waals surface area contributed by atoms with E-state index in [9.17, 15) is 14.1 Å². The molecule has 0 aromatic heterocycles. The van der Waals surface area contributed by atoms with E-state index in [2.05, 4.69) is 5.18 Å². The van der Waals surface area contributed by atoms with E-state index in [0.717, 1.165) is 22.3 Å². The van der Waals surface area contributed by atoms with E-state index in [1.165, 1.54) is 12.1 Å². The summed E-state index contributed by atoms with van der Waals surface area (Å²) >= 11 is 0. The predicted octanol–water partition coefficient (Wildman–Crippen LogP) is 7.23. The Balaban J connectivity index is 1.54. The van der Waals surface area contributed by atoms with Gasteiger partial charge in [-0.05, 0) is 55.2 Å². The second-order valence-electron chi connectivity index (χ2n) is 9.56. The molecule has 0 N–H and O–H groups in total. The van der Waals surface area contributed by atoms with Gasteiger partial charge in [0, 0.05) is 19.4 Å². The molecule has 0 bridgehead atoms. The van der Waals surface area contributed by atoms with Gasteiger partial charge in [-0.15, -0.1) is 0 Å². The molecule has 3 aromatic carbocycles. The summed E-state index contributed by atoms with van der Waals surface area (Å²) in [6, 6.07) is 23.7. The number of rotatable bonds is 7. The standard InChI is InChI=1S/C28H29FN2O3/c1-20(21-9-11-22(12-10-21)23-13-15-25(29)16-14-23)31-18-17-28(34-26(31)32,19-27(2,3)30-33)24-7-5-4-6-8-24/h4-16,20H,17-19H2,1-3H3/t20-,28-/m0/s1. The number of nitrogens with zero attached hydrogens (tertiary/aromatic N) is 2. The predicted molar refractivity (Wildman–Crippen MR) is 131 cm³/mol. The Bertz CT molecular complexity index is 1150. The fraction of sp³-hybridized carbons (Fsp3) is 0.321. The van der Waals surface area contributed by atoms with Crippen LogP contribution in [0.4, 0.5) is 9.18 Å². The van der Waals surface area contributed by atoms with Crippen LogP contribution in [0.1, 0.15) is 50.8 Å². The number of amides is 1. The summed E-state index contributed by atoms with van der Waals surface area (Å²) in [5.74, 6) is -0.267. The van der Waals surface area contributed by atoms with Gasteiger partial charge < -0.3 is 9.64 Å². The van der Waals surface area contributed by atoms with Crippen LogP contribution in [-0.4, -0.2) is 23.1 Å². The first-order valence-electron chi connectivity index (χ1n) is 11.5. The van der Waals surface area contributed by atoms with Crippen molar-refractivity contribution >= 4 is 6.09 Å². The highest BCUT2D eigenvalue weighted by molar-refractivity contribution is 5.70. The average Bonchev–Trinajstić information content (AvgIpc) is 2.85. The van der Waals surface area contributed by atoms with Crippen molar-refractivity contribution in [3.63, 3.8) is 0 Å². The Morgan fingerprint density at radius 2 is 1.59 bits per heavy atom. The number of nitroso groups, excluding NO2 is 1. The summed E-state index contributed by atoms with van der Waals surface area (Å²) in [5, 5.41) is 3.27. The van der Waals surface area contributed by atoms with E-state index < -0.39 is 17.2 Å². The minimum absolute atomic E-state index is 0.194. The highest BCUT2D eigenvalue weighted by Crippen LogP contribution is 2.43. The third-order valence-electron chi connectivity index (χ3n) is 6.58. The molecule has 4 rings (SSSR count). The van der Waals surface area contributed by atoms with Gasteiger partial charge in [0.25, 0.3) is 0 Å². The van der Waals surface area contributed by atoms with Crippen LogP contribution in [0.15, 0.2) is 84.0 Å². The fourth-order valence-corrected chi connectivity index (χ4v) is 4.70. The Morgan fingerprint density at radius 1 is 1.00 bits per heavy atom. The van der Waals surface area contributed by atoms with Gasteiger partial charge in [0.05, 0.1) is 6.04 Å². The Morgan fingerprint density at radius 3 is 2.15 bits per heavy atom. The molecule has 176 valence electrons. The maximum absolute atomic E-state index is 13.3. The van der Waals surface area contributed by atoms with Crippen molar-refractivity contribution in [2.45, 2.75) is 50.8 Å². The van der Waals surface area contributed by atoms with Crippen LogP contribution in [0.25, 0.3) is 11.1 Å². The van der Waals surface area contributed by atoms with Gasteiger partial charge in [-0.3, -0.25) is 0 Å². The van der Waals surface area contributed by atoms with E-state index in [0.29, 0.717) is 19.4 Å². The average molecular weight is 461 g/mol. The number of hydrogen-bond donors (Lipinski definition) is 0. The van der Waals surface area contributed by atoms with Crippen LogP contribution in [-0.2, 0) is 10.3 Å². The molecule has 2 atom stereocenters. The third-order valence-corrected chi connectivity index (χ3v) is 6.58. The second kappa shape index (κ2) is 9.37. The molecule has 0 aliphatic carbocycles. The van der Waals surface area contributed by atoms with E-state index in [4.69, 9.17) is 4.74 Å². The first-order valence-corrected chi connectivity index (χ1v) is 11.5. The van der Waals surface area contributed by atoms with Gasteiger partial charge in [0.1, 0.15) is 17.0 Å². The molecule has 1 heterocycles. The lowest BCUT2D eigenvalue weighted by molar-refractivity contribution is -0.0738. The summed E-state index contributed by atoms with van der Waals surface area (Å²) in [6.07, 6.45) is 0.458. The van der Waals surface area contributed by atoms with Gasteiger partial charge in [-0.25, -0.2) is 9.18 Å². The molecule has 1 fully saturated rings. The highest BCUT2D eigenvalue weighted by atomic mass is 19.1. The summed E-state index contributed by atoms with van der Waals surface area (Å²) in [5.41, 5.74) is 1.97. The van der Waals surface area contributed by atoms with Gasteiger partial charge in [-0.2, -0.15) is 4.91 Å². The van der Waals surface area contributed by atoms with Gasteiger partial charge in [-0.1, -0.05) is 71.9 Å². The number of benzene rings is 3.